The summed E-state index contributed by atoms with van der Waals surface area (Å²) in [7, 11) is 0. The Kier molecular flexibility index (Phi) is 2.85. The minimum absolute atomic E-state index is 0.310. The van der Waals surface area contributed by atoms with Crippen molar-refractivity contribution in [3.63, 3.8) is 0 Å². The first-order valence-corrected chi connectivity index (χ1v) is 8.89. The summed E-state index contributed by atoms with van der Waals surface area (Å²) in [6.45, 7) is 7.42. The molecule has 0 aromatic carbocycles. The van der Waals surface area contributed by atoms with Gasteiger partial charge in [0.15, 0.2) is 5.78 Å². The van der Waals surface area contributed by atoms with Crippen molar-refractivity contribution in [3.05, 3.63) is 23.3 Å². The van der Waals surface area contributed by atoms with Crippen LogP contribution in [0.1, 0.15) is 65.7 Å². The second kappa shape index (κ2) is 4.33. The number of carbonyl (C=O) groups is 1. The van der Waals surface area contributed by atoms with Crippen molar-refractivity contribution in [2.24, 2.45) is 28.6 Å². The van der Waals surface area contributed by atoms with Crippen LogP contribution in [0.4, 0.5) is 0 Å². The first-order valence-electron chi connectivity index (χ1n) is 8.89. The van der Waals surface area contributed by atoms with Gasteiger partial charge in [-0.05, 0) is 73.2 Å². The van der Waals surface area contributed by atoms with Crippen molar-refractivity contribution < 1.29 is 4.79 Å². The maximum Gasteiger partial charge on any atom is 0.155 e. The Morgan fingerprint density at radius 2 is 1.90 bits per heavy atom. The molecule has 0 aromatic rings. The summed E-state index contributed by atoms with van der Waals surface area (Å²) in [4.78, 5) is 11.8. The lowest BCUT2D eigenvalue weighted by Gasteiger charge is -2.56. The van der Waals surface area contributed by atoms with E-state index < -0.39 is 0 Å². The lowest BCUT2D eigenvalue weighted by Crippen LogP contribution is -2.47. The highest BCUT2D eigenvalue weighted by atomic mass is 16.1. The lowest BCUT2D eigenvalue weighted by molar-refractivity contribution is -0.116. The standard InChI is InChI=1S/C20H28O/c1-13-4-7-17-16-6-5-14-12-15(21)8-10-20(14,3)18(16)9-11-19(13,17)2/h7,12-13,16,18H,4-6,8-11H2,1-3H3. The molecule has 2 saturated carbocycles. The van der Waals surface area contributed by atoms with Gasteiger partial charge in [0.05, 0.1) is 0 Å². The fraction of sp³-hybridized carbons (Fsp3) is 0.750. The molecule has 4 aliphatic carbocycles. The van der Waals surface area contributed by atoms with Gasteiger partial charge in [-0.15, -0.1) is 0 Å². The molecule has 4 rings (SSSR count). The topological polar surface area (TPSA) is 17.1 Å². The molecular weight excluding hydrogens is 256 g/mol. The summed E-state index contributed by atoms with van der Waals surface area (Å²) in [6, 6.07) is 0. The summed E-state index contributed by atoms with van der Waals surface area (Å²) < 4.78 is 0. The molecule has 1 nitrogen and oxygen atoms in total. The zero-order valence-electron chi connectivity index (χ0n) is 13.7. The Bertz CT molecular complexity index is 554. The minimum Gasteiger partial charge on any atom is -0.295 e. The van der Waals surface area contributed by atoms with Gasteiger partial charge in [-0.2, -0.15) is 0 Å². The number of carbonyl (C=O) groups excluding carboxylic acids is 1. The van der Waals surface area contributed by atoms with Crippen molar-refractivity contribution in [3.8, 4) is 0 Å². The molecule has 5 unspecified atom stereocenters. The maximum atomic E-state index is 11.8. The number of hydrogen-bond donors (Lipinski definition) is 0. The molecule has 0 radical (unpaired) electrons. The van der Waals surface area contributed by atoms with Crippen molar-refractivity contribution in [1.29, 1.82) is 0 Å². The van der Waals surface area contributed by atoms with Gasteiger partial charge in [0.2, 0.25) is 0 Å². The largest absolute Gasteiger partial charge is 0.295 e. The molecule has 0 N–H and O–H groups in total. The smallest absolute Gasteiger partial charge is 0.155 e. The van der Waals surface area contributed by atoms with Gasteiger partial charge in [-0.1, -0.05) is 38.0 Å². The molecule has 5 atom stereocenters. The van der Waals surface area contributed by atoms with E-state index in [1.54, 1.807) is 5.57 Å². The highest BCUT2D eigenvalue weighted by Crippen LogP contribution is 2.64. The first-order chi connectivity index (χ1) is 9.95. The average Bonchev–Trinajstić information content (AvgIpc) is 2.76. The van der Waals surface area contributed by atoms with Gasteiger partial charge in [-0.25, -0.2) is 0 Å². The molecule has 1 heteroatoms. The van der Waals surface area contributed by atoms with E-state index in [2.05, 4.69) is 26.8 Å². The van der Waals surface area contributed by atoms with E-state index in [1.807, 2.05) is 6.08 Å². The Labute approximate surface area is 128 Å². The van der Waals surface area contributed by atoms with Gasteiger partial charge in [0.25, 0.3) is 0 Å². The van der Waals surface area contributed by atoms with E-state index in [0.717, 1.165) is 37.0 Å². The van der Waals surface area contributed by atoms with E-state index in [9.17, 15) is 4.79 Å². The monoisotopic (exact) mass is 284 g/mol. The predicted molar refractivity (Wildman–Crippen MR) is 85.9 cm³/mol. The van der Waals surface area contributed by atoms with E-state index in [4.69, 9.17) is 0 Å². The summed E-state index contributed by atoms with van der Waals surface area (Å²) >= 11 is 0. The van der Waals surface area contributed by atoms with Crippen LogP contribution < -0.4 is 0 Å². The predicted octanol–water partition coefficient (Wildman–Crippen LogP) is 5.07. The summed E-state index contributed by atoms with van der Waals surface area (Å²) in [5, 5.41) is 0. The Balaban J connectivity index is 1.72. The normalized spacial score (nSPS) is 48.9. The highest BCUT2D eigenvalue weighted by molar-refractivity contribution is 5.91. The quantitative estimate of drug-likeness (QED) is 0.567. The second-order valence-corrected chi connectivity index (χ2v) is 8.56. The van der Waals surface area contributed by atoms with Gasteiger partial charge in [0, 0.05) is 6.42 Å². The van der Waals surface area contributed by atoms with Crippen LogP contribution in [0.5, 0.6) is 0 Å². The molecule has 0 amide bonds. The molecule has 0 heterocycles. The summed E-state index contributed by atoms with van der Waals surface area (Å²) in [6.07, 6.45) is 12.9. The van der Waals surface area contributed by atoms with Gasteiger partial charge in [-0.3, -0.25) is 4.79 Å². The average molecular weight is 284 g/mol. The molecule has 21 heavy (non-hydrogen) atoms. The number of rotatable bonds is 0. The third-order valence-corrected chi connectivity index (χ3v) is 7.80. The highest BCUT2D eigenvalue weighted by Gasteiger charge is 2.54. The van der Waals surface area contributed by atoms with E-state index in [0.29, 0.717) is 16.6 Å². The Morgan fingerprint density at radius 1 is 1.10 bits per heavy atom. The summed E-state index contributed by atoms with van der Waals surface area (Å²) in [5.41, 5.74) is 4.06. The van der Waals surface area contributed by atoms with E-state index in [-0.39, 0.29) is 0 Å². The second-order valence-electron chi connectivity index (χ2n) is 8.56. The van der Waals surface area contributed by atoms with Crippen molar-refractivity contribution in [2.45, 2.75) is 65.7 Å². The van der Waals surface area contributed by atoms with Crippen LogP contribution in [0, 0.1) is 28.6 Å². The number of allylic oxidation sites excluding steroid dienone is 4. The van der Waals surface area contributed by atoms with Crippen LogP contribution in [-0.2, 0) is 4.79 Å². The fourth-order valence-corrected chi connectivity index (χ4v) is 6.11. The zero-order valence-corrected chi connectivity index (χ0v) is 13.7. The van der Waals surface area contributed by atoms with Crippen molar-refractivity contribution in [1.82, 2.24) is 0 Å². The van der Waals surface area contributed by atoms with Crippen molar-refractivity contribution in [2.75, 3.05) is 0 Å². The molecule has 2 fully saturated rings. The molecule has 0 bridgehead atoms. The lowest BCUT2D eigenvalue weighted by atomic mass is 9.48. The Morgan fingerprint density at radius 3 is 2.71 bits per heavy atom. The van der Waals surface area contributed by atoms with E-state index >= 15 is 0 Å². The van der Waals surface area contributed by atoms with Gasteiger partial charge in [0.1, 0.15) is 0 Å². The third-order valence-electron chi connectivity index (χ3n) is 7.80. The van der Waals surface area contributed by atoms with Gasteiger partial charge < -0.3 is 0 Å². The number of ketones is 1. The van der Waals surface area contributed by atoms with Gasteiger partial charge >= 0.3 is 0 Å². The third kappa shape index (κ3) is 1.72. The molecule has 4 aliphatic rings. The van der Waals surface area contributed by atoms with E-state index in [1.165, 1.54) is 31.3 Å². The molecule has 0 saturated heterocycles. The molecular formula is C20H28O. The molecule has 0 spiro atoms. The van der Waals surface area contributed by atoms with Crippen LogP contribution in [0.2, 0.25) is 0 Å². The van der Waals surface area contributed by atoms with Crippen LogP contribution in [0.25, 0.3) is 0 Å². The van der Waals surface area contributed by atoms with Crippen LogP contribution >= 0.6 is 0 Å². The Hall–Kier alpha value is -0.850. The number of fused-ring (bicyclic) bond motifs is 5. The SMILES string of the molecule is CC1CC=C2C3CCC4=CC(=O)CCC4(C)C3CCC21C. The maximum absolute atomic E-state index is 11.8. The zero-order chi connectivity index (χ0) is 14.8. The molecule has 0 aromatic heterocycles. The molecule has 114 valence electrons. The van der Waals surface area contributed by atoms with Crippen LogP contribution in [0.15, 0.2) is 23.3 Å². The van der Waals surface area contributed by atoms with Crippen molar-refractivity contribution >= 4 is 5.78 Å². The molecule has 0 aliphatic heterocycles. The first kappa shape index (κ1) is 13.8. The number of hydrogen-bond acceptors (Lipinski definition) is 1. The van der Waals surface area contributed by atoms with Crippen LogP contribution in [-0.4, -0.2) is 5.78 Å². The fourth-order valence-electron chi connectivity index (χ4n) is 6.11. The summed E-state index contributed by atoms with van der Waals surface area (Å²) in [5.74, 6) is 2.78. The van der Waals surface area contributed by atoms with Crippen LogP contribution in [0.3, 0.4) is 0 Å². The minimum atomic E-state index is 0.310.